The van der Waals surface area contributed by atoms with E-state index >= 15 is 0 Å². The minimum atomic E-state index is -0.682. The molecule has 2 N–H and O–H groups in total. The Hall–Kier alpha value is -1.85. The van der Waals surface area contributed by atoms with Gasteiger partial charge in [-0.1, -0.05) is 0 Å². The lowest BCUT2D eigenvalue weighted by Gasteiger charge is -2.31. The van der Waals surface area contributed by atoms with Crippen LogP contribution in [0.15, 0.2) is 12.3 Å². The number of carboxylic acid groups (broad SMARTS) is 1. The number of carboxylic acids is 1. The van der Waals surface area contributed by atoms with E-state index in [1.54, 1.807) is 6.20 Å². The predicted octanol–water partition coefficient (Wildman–Crippen LogP) is 1.35. The average Bonchev–Trinajstić information content (AvgIpc) is 3.23. The van der Waals surface area contributed by atoms with Crippen LogP contribution in [0.1, 0.15) is 25.7 Å². The van der Waals surface area contributed by atoms with Gasteiger partial charge in [0, 0.05) is 25.3 Å². The van der Waals surface area contributed by atoms with Crippen LogP contribution >= 0.6 is 0 Å². The Bertz CT molecular complexity index is 467. The molecule has 1 aromatic heterocycles. The van der Waals surface area contributed by atoms with Crippen molar-refractivity contribution in [2.45, 2.75) is 31.7 Å². The van der Waals surface area contributed by atoms with Crippen LogP contribution in [-0.4, -0.2) is 40.2 Å². The lowest BCUT2D eigenvalue weighted by molar-refractivity contribution is -0.142. The summed E-state index contributed by atoms with van der Waals surface area (Å²) in [5.41, 5.74) is 0. The molecule has 0 bridgehead atoms. The second kappa shape index (κ2) is 5.03. The summed E-state index contributed by atoms with van der Waals surface area (Å²) in [6.07, 6.45) is 5.51. The highest BCUT2D eigenvalue weighted by molar-refractivity contribution is 5.70. The van der Waals surface area contributed by atoms with Crippen molar-refractivity contribution < 1.29 is 9.90 Å². The van der Waals surface area contributed by atoms with Crippen LogP contribution in [0.4, 0.5) is 11.8 Å². The standard InChI is InChI=1S/C13H18N4O2/c18-12(19)9-4-7-17(8-5-9)11-3-6-14-13(16-11)15-10-1-2-10/h3,6,9-10H,1-2,4-5,7-8H2,(H,18,19)(H,14,15,16). The lowest BCUT2D eigenvalue weighted by Crippen LogP contribution is -2.36. The zero-order valence-corrected chi connectivity index (χ0v) is 10.7. The van der Waals surface area contributed by atoms with E-state index in [0.717, 1.165) is 18.9 Å². The monoisotopic (exact) mass is 262 g/mol. The van der Waals surface area contributed by atoms with Gasteiger partial charge in [-0.05, 0) is 31.7 Å². The molecule has 1 aliphatic heterocycles. The fourth-order valence-electron chi connectivity index (χ4n) is 2.36. The van der Waals surface area contributed by atoms with Crippen LogP contribution in [0.2, 0.25) is 0 Å². The Labute approximate surface area is 111 Å². The molecule has 19 heavy (non-hydrogen) atoms. The van der Waals surface area contributed by atoms with Crippen LogP contribution in [0.5, 0.6) is 0 Å². The zero-order valence-electron chi connectivity index (χ0n) is 10.7. The molecule has 2 aliphatic rings. The fraction of sp³-hybridized carbons (Fsp3) is 0.615. The topological polar surface area (TPSA) is 78.3 Å². The van der Waals surface area contributed by atoms with Crippen molar-refractivity contribution >= 4 is 17.7 Å². The van der Waals surface area contributed by atoms with Gasteiger partial charge in [0.25, 0.3) is 0 Å². The number of hydrogen-bond acceptors (Lipinski definition) is 5. The van der Waals surface area contributed by atoms with Crippen molar-refractivity contribution in [1.82, 2.24) is 9.97 Å². The number of nitrogens with one attached hydrogen (secondary N) is 1. The number of piperidine rings is 1. The first-order valence-corrected chi connectivity index (χ1v) is 6.80. The molecule has 1 aliphatic carbocycles. The molecular formula is C13H18N4O2. The largest absolute Gasteiger partial charge is 0.481 e. The molecule has 0 amide bonds. The summed E-state index contributed by atoms with van der Waals surface area (Å²) in [5.74, 6) is 0.683. The van der Waals surface area contributed by atoms with Gasteiger partial charge in [0.1, 0.15) is 5.82 Å². The van der Waals surface area contributed by atoms with Gasteiger partial charge in [0.15, 0.2) is 0 Å². The quantitative estimate of drug-likeness (QED) is 0.853. The number of hydrogen-bond donors (Lipinski definition) is 2. The number of rotatable bonds is 4. The lowest BCUT2D eigenvalue weighted by atomic mass is 9.97. The number of aromatic nitrogens is 2. The molecule has 0 unspecified atom stereocenters. The Morgan fingerprint density at radius 1 is 1.32 bits per heavy atom. The van der Waals surface area contributed by atoms with Crippen LogP contribution in [-0.2, 0) is 4.79 Å². The normalized spacial score (nSPS) is 20.3. The van der Waals surface area contributed by atoms with Gasteiger partial charge in [-0.3, -0.25) is 4.79 Å². The molecule has 1 aromatic rings. The third-order valence-corrected chi connectivity index (χ3v) is 3.72. The molecule has 102 valence electrons. The third-order valence-electron chi connectivity index (χ3n) is 3.72. The predicted molar refractivity (Wildman–Crippen MR) is 71.2 cm³/mol. The van der Waals surface area contributed by atoms with Gasteiger partial charge in [-0.25, -0.2) is 4.98 Å². The molecule has 6 nitrogen and oxygen atoms in total. The van der Waals surface area contributed by atoms with Crippen molar-refractivity contribution in [2.75, 3.05) is 23.3 Å². The van der Waals surface area contributed by atoms with E-state index in [4.69, 9.17) is 5.11 Å². The van der Waals surface area contributed by atoms with Gasteiger partial charge < -0.3 is 15.3 Å². The highest BCUT2D eigenvalue weighted by Crippen LogP contribution is 2.25. The van der Waals surface area contributed by atoms with Crippen LogP contribution < -0.4 is 10.2 Å². The third kappa shape index (κ3) is 2.94. The summed E-state index contributed by atoms with van der Waals surface area (Å²) in [4.78, 5) is 21.8. The highest BCUT2D eigenvalue weighted by Gasteiger charge is 2.26. The Balaban J connectivity index is 1.64. The van der Waals surface area contributed by atoms with Crippen LogP contribution in [0, 0.1) is 5.92 Å². The van der Waals surface area contributed by atoms with Crippen molar-refractivity contribution in [3.8, 4) is 0 Å². The summed E-state index contributed by atoms with van der Waals surface area (Å²) in [6, 6.07) is 2.42. The maximum absolute atomic E-state index is 10.9. The van der Waals surface area contributed by atoms with E-state index < -0.39 is 5.97 Å². The van der Waals surface area contributed by atoms with Gasteiger partial charge in [-0.2, -0.15) is 4.98 Å². The zero-order chi connectivity index (χ0) is 13.2. The SMILES string of the molecule is O=C(O)C1CCN(c2ccnc(NC3CC3)n2)CC1. The van der Waals surface area contributed by atoms with E-state index in [9.17, 15) is 4.79 Å². The molecule has 2 heterocycles. The van der Waals surface area contributed by atoms with Crippen LogP contribution in [0.3, 0.4) is 0 Å². The number of aliphatic carboxylic acids is 1. The van der Waals surface area contributed by atoms with E-state index in [2.05, 4.69) is 20.2 Å². The van der Waals surface area contributed by atoms with Gasteiger partial charge >= 0.3 is 5.97 Å². The summed E-state index contributed by atoms with van der Waals surface area (Å²) >= 11 is 0. The number of nitrogens with zero attached hydrogens (tertiary/aromatic N) is 3. The molecule has 2 fully saturated rings. The Kier molecular flexibility index (Phi) is 3.23. The van der Waals surface area contributed by atoms with Gasteiger partial charge in [0.05, 0.1) is 5.92 Å². The summed E-state index contributed by atoms with van der Waals surface area (Å²) in [7, 11) is 0. The second-order valence-corrected chi connectivity index (χ2v) is 5.26. The van der Waals surface area contributed by atoms with E-state index in [1.165, 1.54) is 12.8 Å². The first-order chi connectivity index (χ1) is 9.22. The number of carbonyl (C=O) groups is 1. The molecule has 1 saturated heterocycles. The highest BCUT2D eigenvalue weighted by atomic mass is 16.4. The molecule has 0 spiro atoms. The van der Waals surface area contributed by atoms with Crippen molar-refractivity contribution in [2.24, 2.45) is 5.92 Å². The van der Waals surface area contributed by atoms with Crippen molar-refractivity contribution in [3.05, 3.63) is 12.3 Å². The minimum Gasteiger partial charge on any atom is -0.481 e. The molecule has 0 atom stereocenters. The summed E-state index contributed by atoms with van der Waals surface area (Å²) in [5, 5.41) is 12.3. The molecule has 0 radical (unpaired) electrons. The fourth-order valence-corrected chi connectivity index (χ4v) is 2.36. The van der Waals surface area contributed by atoms with E-state index in [-0.39, 0.29) is 5.92 Å². The smallest absolute Gasteiger partial charge is 0.306 e. The van der Waals surface area contributed by atoms with Gasteiger partial charge in [0.2, 0.25) is 5.95 Å². The maximum atomic E-state index is 10.9. The summed E-state index contributed by atoms with van der Waals surface area (Å²) < 4.78 is 0. The second-order valence-electron chi connectivity index (χ2n) is 5.26. The van der Waals surface area contributed by atoms with E-state index in [1.807, 2.05) is 6.07 Å². The maximum Gasteiger partial charge on any atom is 0.306 e. The molecule has 3 rings (SSSR count). The Morgan fingerprint density at radius 3 is 2.68 bits per heavy atom. The van der Waals surface area contributed by atoms with Crippen molar-refractivity contribution in [3.63, 3.8) is 0 Å². The number of anilines is 2. The molecule has 6 heteroatoms. The van der Waals surface area contributed by atoms with E-state index in [0.29, 0.717) is 24.8 Å². The summed E-state index contributed by atoms with van der Waals surface area (Å²) in [6.45, 7) is 1.49. The van der Waals surface area contributed by atoms with Gasteiger partial charge in [-0.15, -0.1) is 0 Å². The minimum absolute atomic E-state index is 0.206. The molecule has 1 saturated carbocycles. The first-order valence-electron chi connectivity index (χ1n) is 6.80. The first kappa shape index (κ1) is 12.2. The van der Waals surface area contributed by atoms with Crippen molar-refractivity contribution in [1.29, 1.82) is 0 Å². The average molecular weight is 262 g/mol. The molecule has 0 aromatic carbocycles. The van der Waals surface area contributed by atoms with Crippen LogP contribution in [0.25, 0.3) is 0 Å². The molecular weight excluding hydrogens is 244 g/mol. The Morgan fingerprint density at radius 2 is 2.05 bits per heavy atom.